The number of nitrogens with one attached hydrogen (secondary N) is 2. The molecule has 0 fully saturated rings. The van der Waals surface area contributed by atoms with E-state index >= 15 is 0 Å². The number of hydrogen-bond acceptors (Lipinski definition) is 3. The zero-order valence-corrected chi connectivity index (χ0v) is 13.7. The number of para-hydroxylation sites is 1. The highest BCUT2D eigenvalue weighted by molar-refractivity contribution is 6.30. The van der Waals surface area contributed by atoms with Crippen LogP contribution in [0.2, 0.25) is 5.02 Å². The van der Waals surface area contributed by atoms with Gasteiger partial charge < -0.3 is 15.4 Å². The van der Waals surface area contributed by atoms with Crippen LogP contribution in [-0.4, -0.2) is 31.5 Å². The molecule has 0 radical (unpaired) electrons. The molecule has 2 N–H and O–H groups in total. The molecule has 2 aromatic rings. The van der Waals surface area contributed by atoms with Gasteiger partial charge in [-0.1, -0.05) is 23.7 Å². The van der Waals surface area contributed by atoms with E-state index in [0.717, 1.165) is 0 Å². The summed E-state index contributed by atoms with van der Waals surface area (Å²) in [4.78, 5) is 23.9. The number of carbonyl (C=O) groups excluding carboxylic acids is 2. The highest BCUT2D eigenvalue weighted by Crippen LogP contribution is 2.19. The second-order valence-electron chi connectivity index (χ2n) is 4.89. The quantitative estimate of drug-likeness (QED) is 0.738. The van der Waals surface area contributed by atoms with Crippen molar-refractivity contribution in [3.8, 4) is 5.75 Å². The van der Waals surface area contributed by atoms with Gasteiger partial charge in [-0.25, -0.2) is 0 Å². The van der Waals surface area contributed by atoms with Gasteiger partial charge in [0.15, 0.2) is 0 Å². The van der Waals surface area contributed by atoms with Gasteiger partial charge in [0.25, 0.3) is 11.8 Å². The molecular formula is C17H15ClF2N2O3. The summed E-state index contributed by atoms with van der Waals surface area (Å²) in [6.45, 7) is -2.72. The topological polar surface area (TPSA) is 67.4 Å². The predicted molar refractivity (Wildman–Crippen MR) is 89.2 cm³/mol. The van der Waals surface area contributed by atoms with Crippen LogP contribution in [0.4, 0.5) is 8.78 Å². The van der Waals surface area contributed by atoms with Gasteiger partial charge in [0, 0.05) is 23.7 Å². The van der Waals surface area contributed by atoms with E-state index in [9.17, 15) is 18.4 Å². The van der Waals surface area contributed by atoms with Crippen LogP contribution in [-0.2, 0) is 0 Å². The van der Waals surface area contributed by atoms with Crippen LogP contribution in [0, 0.1) is 0 Å². The van der Waals surface area contributed by atoms with E-state index in [2.05, 4.69) is 15.4 Å². The molecular weight excluding hydrogens is 354 g/mol. The lowest BCUT2D eigenvalue weighted by atomic mass is 10.2. The van der Waals surface area contributed by atoms with Gasteiger partial charge in [-0.15, -0.1) is 0 Å². The van der Waals surface area contributed by atoms with Crippen molar-refractivity contribution in [2.24, 2.45) is 0 Å². The summed E-state index contributed by atoms with van der Waals surface area (Å²) in [6.07, 6.45) is 0. The predicted octanol–water partition coefficient (Wildman–Crippen LogP) is 3.10. The first kappa shape index (κ1) is 18.7. The Bertz CT molecular complexity index is 739. The fourth-order valence-electron chi connectivity index (χ4n) is 2.00. The van der Waals surface area contributed by atoms with E-state index in [-0.39, 0.29) is 30.3 Å². The Morgan fingerprint density at radius 3 is 2.20 bits per heavy atom. The van der Waals surface area contributed by atoms with Gasteiger partial charge in [0.05, 0.1) is 5.56 Å². The molecule has 0 heterocycles. The van der Waals surface area contributed by atoms with Crippen LogP contribution >= 0.6 is 11.6 Å². The molecule has 8 heteroatoms. The van der Waals surface area contributed by atoms with E-state index in [0.29, 0.717) is 10.6 Å². The zero-order valence-electron chi connectivity index (χ0n) is 13.0. The van der Waals surface area contributed by atoms with Crippen molar-refractivity contribution in [1.82, 2.24) is 10.6 Å². The van der Waals surface area contributed by atoms with E-state index in [1.54, 1.807) is 24.3 Å². The Morgan fingerprint density at radius 1 is 0.960 bits per heavy atom. The number of carbonyl (C=O) groups is 2. The number of alkyl halides is 2. The van der Waals surface area contributed by atoms with E-state index in [1.807, 2.05) is 0 Å². The van der Waals surface area contributed by atoms with Crippen molar-refractivity contribution in [2.45, 2.75) is 6.61 Å². The normalized spacial score (nSPS) is 10.4. The zero-order chi connectivity index (χ0) is 18.2. The molecule has 0 aromatic heterocycles. The molecule has 2 rings (SSSR count). The lowest BCUT2D eigenvalue weighted by molar-refractivity contribution is -0.0501. The Balaban J connectivity index is 1.83. The van der Waals surface area contributed by atoms with Gasteiger partial charge in [0.1, 0.15) is 5.75 Å². The molecule has 0 saturated heterocycles. The second kappa shape index (κ2) is 8.98. The molecule has 0 aliphatic carbocycles. The number of amides is 2. The van der Waals surface area contributed by atoms with E-state index in [4.69, 9.17) is 11.6 Å². The van der Waals surface area contributed by atoms with Crippen LogP contribution in [0.1, 0.15) is 20.7 Å². The largest absolute Gasteiger partial charge is 0.434 e. The molecule has 5 nitrogen and oxygen atoms in total. The molecule has 0 spiro atoms. The molecule has 0 unspecified atom stereocenters. The van der Waals surface area contributed by atoms with Crippen LogP contribution in [0.25, 0.3) is 0 Å². The van der Waals surface area contributed by atoms with Crippen LogP contribution in [0.15, 0.2) is 48.5 Å². The number of ether oxygens (including phenoxy) is 1. The maximum absolute atomic E-state index is 12.3. The highest BCUT2D eigenvalue weighted by Gasteiger charge is 2.14. The third-order valence-corrected chi connectivity index (χ3v) is 3.40. The van der Waals surface area contributed by atoms with Gasteiger partial charge in [0.2, 0.25) is 0 Å². The number of benzene rings is 2. The minimum Gasteiger partial charge on any atom is -0.434 e. The Morgan fingerprint density at radius 2 is 1.56 bits per heavy atom. The van der Waals surface area contributed by atoms with Crippen LogP contribution < -0.4 is 15.4 Å². The summed E-state index contributed by atoms with van der Waals surface area (Å²) in [5.41, 5.74) is 0.429. The summed E-state index contributed by atoms with van der Waals surface area (Å²) in [7, 11) is 0. The second-order valence-corrected chi connectivity index (χ2v) is 5.33. The van der Waals surface area contributed by atoms with E-state index < -0.39 is 12.5 Å². The molecule has 0 saturated carbocycles. The highest BCUT2D eigenvalue weighted by atomic mass is 35.5. The van der Waals surface area contributed by atoms with Crippen molar-refractivity contribution < 1.29 is 23.1 Å². The summed E-state index contributed by atoms with van der Waals surface area (Å²) in [5, 5.41) is 5.67. The summed E-state index contributed by atoms with van der Waals surface area (Å²) in [5.74, 6) is -1.09. The standard InChI is InChI=1S/C17H15ClF2N2O3/c18-12-7-5-11(6-8-12)15(23)21-9-10-22-16(24)13-3-1-2-4-14(13)25-17(19)20/h1-8,17H,9-10H2,(H,21,23)(H,22,24). The van der Waals surface area contributed by atoms with Gasteiger partial charge in [-0.2, -0.15) is 8.78 Å². The van der Waals surface area contributed by atoms with Gasteiger partial charge >= 0.3 is 6.61 Å². The summed E-state index contributed by atoms with van der Waals surface area (Å²) >= 11 is 5.74. The minimum atomic E-state index is -3.02. The first-order chi connectivity index (χ1) is 12.0. The molecule has 132 valence electrons. The number of hydrogen-bond donors (Lipinski definition) is 2. The molecule has 0 aliphatic heterocycles. The van der Waals surface area contributed by atoms with Crippen LogP contribution in [0.5, 0.6) is 5.75 Å². The van der Waals surface area contributed by atoms with Crippen molar-refractivity contribution in [2.75, 3.05) is 13.1 Å². The summed E-state index contributed by atoms with van der Waals surface area (Å²) in [6, 6.07) is 12.0. The summed E-state index contributed by atoms with van der Waals surface area (Å²) < 4.78 is 29.0. The SMILES string of the molecule is O=C(NCCNC(=O)c1ccccc1OC(F)F)c1ccc(Cl)cc1. The molecule has 2 amide bonds. The first-order valence-electron chi connectivity index (χ1n) is 7.33. The smallest absolute Gasteiger partial charge is 0.387 e. The van der Waals surface area contributed by atoms with Crippen molar-refractivity contribution >= 4 is 23.4 Å². The Labute approximate surface area is 147 Å². The van der Waals surface area contributed by atoms with Gasteiger partial charge in [-0.3, -0.25) is 9.59 Å². The molecule has 0 atom stereocenters. The molecule has 25 heavy (non-hydrogen) atoms. The van der Waals surface area contributed by atoms with Crippen molar-refractivity contribution in [1.29, 1.82) is 0 Å². The maximum atomic E-state index is 12.3. The molecule has 0 bridgehead atoms. The fourth-order valence-corrected chi connectivity index (χ4v) is 2.13. The minimum absolute atomic E-state index is 0.00757. The average molecular weight is 369 g/mol. The lowest BCUT2D eigenvalue weighted by Crippen LogP contribution is -2.34. The van der Waals surface area contributed by atoms with Crippen molar-refractivity contribution in [3.05, 3.63) is 64.7 Å². The van der Waals surface area contributed by atoms with Crippen molar-refractivity contribution in [3.63, 3.8) is 0 Å². The Hall–Kier alpha value is -2.67. The third-order valence-electron chi connectivity index (χ3n) is 3.15. The number of rotatable bonds is 7. The first-order valence-corrected chi connectivity index (χ1v) is 7.71. The number of halogens is 3. The van der Waals surface area contributed by atoms with Gasteiger partial charge in [-0.05, 0) is 36.4 Å². The lowest BCUT2D eigenvalue weighted by Gasteiger charge is -2.11. The van der Waals surface area contributed by atoms with E-state index in [1.165, 1.54) is 24.3 Å². The fraction of sp³-hybridized carbons (Fsp3) is 0.176. The van der Waals surface area contributed by atoms with Crippen LogP contribution in [0.3, 0.4) is 0 Å². The Kier molecular flexibility index (Phi) is 6.71. The molecule has 0 aliphatic rings. The third kappa shape index (κ3) is 5.72. The average Bonchev–Trinajstić information content (AvgIpc) is 2.59. The molecule has 2 aromatic carbocycles. The monoisotopic (exact) mass is 368 g/mol. The maximum Gasteiger partial charge on any atom is 0.387 e.